The number of benzene rings is 1. The Labute approximate surface area is 101 Å². The average molecular weight is 234 g/mol. The normalized spacial score (nSPS) is 14.9. The third-order valence-electron chi connectivity index (χ3n) is 3.17. The Morgan fingerprint density at radius 2 is 2.06 bits per heavy atom. The first kappa shape index (κ1) is 12.1. The van der Waals surface area contributed by atoms with Crippen molar-refractivity contribution in [1.29, 1.82) is 0 Å². The largest absolute Gasteiger partial charge is 0.478 e. The SMILES string of the molecule is NCCCCN1Cc2ccc(C(=O)O)cc2C1. The van der Waals surface area contributed by atoms with E-state index < -0.39 is 5.97 Å². The lowest BCUT2D eigenvalue weighted by molar-refractivity contribution is 0.0696. The summed E-state index contributed by atoms with van der Waals surface area (Å²) in [4.78, 5) is 13.2. The van der Waals surface area contributed by atoms with Gasteiger partial charge in [-0.3, -0.25) is 4.90 Å². The molecule has 0 bridgehead atoms. The first-order valence-corrected chi connectivity index (χ1v) is 5.98. The summed E-state index contributed by atoms with van der Waals surface area (Å²) < 4.78 is 0. The van der Waals surface area contributed by atoms with Gasteiger partial charge in [-0.05, 0) is 49.2 Å². The summed E-state index contributed by atoms with van der Waals surface area (Å²) in [5.74, 6) is -0.852. The van der Waals surface area contributed by atoms with Crippen LogP contribution in [0.2, 0.25) is 0 Å². The number of fused-ring (bicyclic) bond motifs is 1. The molecule has 4 heteroatoms. The number of nitrogens with two attached hydrogens (primary N) is 1. The molecule has 0 aromatic heterocycles. The van der Waals surface area contributed by atoms with Crippen molar-refractivity contribution in [3.8, 4) is 0 Å². The monoisotopic (exact) mass is 234 g/mol. The van der Waals surface area contributed by atoms with Crippen LogP contribution in [0.1, 0.15) is 34.3 Å². The second-order valence-corrected chi connectivity index (χ2v) is 4.50. The molecule has 1 aliphatic rings. The molecule has 0 saturated carbocycles. The smallest absolute Gasteiger partial charge is 0.335 e. The van der Waals surface area contributed by atoms with Gasteiger partial charge in [0.25, 0.3) is 0 Å². The van der Waals surface area contributed by atoms with Crippen LogP contribution in [0.4, 0.5) is 0 Å². The van der Waals surface area contributed by atoms with Crippen LogP contribution in [-0.2, 0) is 13.1 Å². The molecule has 0 atom stereocenters. The van der Waals surface area contributed by atoms with Crippen molar-refractivity contribution in [2.45, 2.75) is 25.9 Å². The van der Waals surface area contributed by atoms with Crippen molar-refractivity contribution < 1.29 is 9.90 Å². The summed E-state index contributed by atoms with van der Waals surface area (Å²) in [6.45, 7) is 3.57. The zero-order valence-corrected chi connectivity index (χ0v) is 9.85. The number of carbonyl (C=O) groups is 1. The molecule has 92 valence electrons. The van der Waals surface area contributed by atoms with E-state index >= 15 is 0 Å². The van der Waals surface area contributed by atoms with E-state index in [-0.39, 0.29) is 0 Å². The number of aromatic carboxylic acids is 1. The summed E-state index contributed by atoms with van der Waals surface area (Å²) in [6, 6.07) is 5.41. The van der Waals surface area contributed by atoms with Gasteiger partial charge in [-0.2, -0.15) is 0 Å². The van der Waals surface area contributed by atoms with Gasteiger partial charge in [0.15, 0.2) is 0 Å². The van der Waals surface area contributed by atoms with E-state index in [1.807, 2.05) is 6.07 Å². The molecule has 0 fully saturated rings. The summed E-state index contributed by atoms with van der Waals surface area (Å²) in [7, 11) is 0. The average Bonchev–Trinajstić information content (AvgIpc) is 2.70. The number of carboxylic acid groups (broad SMARTS) is 1. The summed E-state index contributed by atoms with van der Waals surface area (Å²) in [6.07, 6.45) is 2.16. The van der Waals surface area contributed by atoms with Gasteiger partial charge in [-0.1, -0.05) is 6.07 Å². The predicted molar refractivity (Wildman–Crippen MR) is 65.8 cm³/mol. The number of unbranched alkanes of at least 4 members (excludes halogenated alkanes) is 1. The highest BCUT2D eigenvalue weighted by atomic mass is 16.4. The fourth-order valence-corrected chi connectivity index (χ4v) is 2.24. The van der Waals surface area contributed by atoms with E-state index in [9.17, 15) is 4.79 Å². The van der Waals surface area contributed by atoms with Crippen LogP contribution in [0.25, 0.3) is 0 Å². The van der Waals surface area contributed by atoms with E-state index in [2.05, 4.69) is 4.90 Å². The lowest BCUT2D eigenvalue weighted by Gasteiger charge is -2.13. The van der Waals surface area contributed by atoms with E-state index in [0.717, 1.165) is 44.6 Å². The first-order chi connectivity index (χ1) is 8.20. The third-order valence-corrected chi connectivity index (χ3v) is 3.17. The molecule has 1 aromatic rings. The van der Waals surface area contributed by atoms with Crippen LogP contribution in [0.5, 0.6) is 0 Å². The van der Waals surface area contributed by atoms with Crippen molar-refractivity contribution in [2.24, 2.45) is 5.73 Å². The van der Waals surface area contributed by atoms with E-state index in [1.165, 1.54) is 5.56 Å². The molecule has 3 N–H and O–H groups in total. The van der Waals surface area contributed by atoms with E-state index in [0.29, 0.717) is 5.56 Å². The predicted octanol–water partition coefficient (Wildman–Crippen LogP) is 1.44. The fourth-order valence-electron chi connectivity index (χ4n) is 2.24. The Morgan fingerprint density at radius 3 is 2.76 bits per heavy atom. The standard InChI is InChI=1S/C13H18N2O2/c14-5-1-2-6-15-8-11-4-3-10(13(16)17)7-12(11)9-15/h3-4,7H,1-2,5-6,8-9,14H2,(H,16,17). The van der Waals surface area contributed by atoms with Crippen molar-refractivity contribution in [1.82, 2.24) is 4.90 Å². The molecule has 1 aromatic carbocycles. The molecule has 1 heterocycles. The van der Waals surface area contributed by atoms with Gasteiger partial charge < -0.3 is 10.8 Å². The molecule has 0 spiro atoms. The molecule has 1 aliphatic heterocycles. The molecule has 17 heavy (non-hydrogen) atoms. The first-order valence-electron chi connectivity index (χ1n) is 5.98. The maximum absolute atomic E-state index is 10.9. The quantitative estimate of drug-likeness (QED) is 0.756. The maximum Gasteiger partial charge on any atom is 0.335 e. The van der Waals surface area contributed by atoms with Gasteiger partial charge in [0.05, 0.1) is 5.56 Å². The molecule has 2 rings (SSSR count). The molecular formula is C13H18N2O2. The zero-order chi connectivity index (χ0) is 12.3. The van der Waals surface area contributed by atoms with Gasteiger partial charge in [0, 0.05) is 13.1 Å². The van der Waals surface area contributed by atoms with E-state index in [4.69, 9.17) is 10.8 Å². The number of hydrogen-bond donors (Lipinski definition) is 2. The van der Waals surface area contributed by atoms with Gasteiger partial charge in [-0.15, -0.1) is 0 Å². The minimum absolute atomic E-state index is 0.382. The molecule has 0 aliphatic carbocycles. The number of carboxylic acids is 1. The topological polar surface area (TPSA) is 66.6 Å². The Hall–Kier alpha value is -1.39. The Bertz CT molecular complexity index is 418. The van der Waals surface area contributed by atoms with Gasteiger partial charge in [-0.25, -0.2) is 4.79 Å². The Balaban J connectivity index is 1.99. The summed E-state index contributed by atoms with van der Waals surface area (Å²) in [5, 5.41) is 8.93. The van der Waals surface area contributed by atoms with Gasteiger partial charge in [0.1, 0.15) is 0 Å². The highest BCUT2D eigenvalue weighted by Crippen LogP contribution is 2.24. The Kier molecular flexibility index (Phi) is 3.76. The molecule has 4 nitrogen and oxygen atoms in total. The second-order valence-electron chi connectivity index (χ2n) is 4.50. The summed E-state index contributed by atoms with van der Waals surface area (Å²) in [5.41, 5.74) is 8.25. The van der Waals surface area contributed by atoms with E-state index in [1.54, 1.807) is 12.1 Å². The zero-order valence-electron chi connectivity index (χ0n) is 9.85. The summed E-state index contributed by atoms with van der Waals surface area (Å²) >= 11 is 0. The fraction of sp³-hybridized carbons (Fsp3) is 0.462. The van der Waals surface area contributed by atoms with Crippen LogP contribution < -0.4 is 5.73 Å². The second kappa shape index (κ2) is 5.29. The van der Waals surface area contributed by atoms with Crippen molar-refractivity contribution in [3.63, 3.8) is 0 Å². The lowest BCUT2D eigenvalue weighted by atomic mass is 10.1. The van der Waals surface area contributed by atoms with Crippen molar-refractivity contribution in [3.05, 3.63) is 34.9 Å². The Morgan fingerprint density at radius 1 is 1.29 bits per heavy atom. The highest BCUT2D eigenvalue weighted by molar-refractivity contribution is 5.87. The molecule has 0 radical (unpaired) electrons. The maximum atomic E-state index is 10.9. The molecule has 0 unspecified atom stereocenters. The lowest BCUT2D eigenvalue weighted by Crippen LogP contribution is -2.18. The minimum atomic E-state index is -0.852. The minimum Gasteiger partial charge on any atom is -0.478 e. The third kappa shape index (κ3) is 2.84. The van der Waals surface area contributed by atoms with Crippen LogP contribution in [-0.4, -0.2) is 29.1 Å². The number of nitrogens with zero attached hydrogens (tertiary/aromatic N) is 1. The number of rotatable bonds is 5. The van der Waals surface area contributed by atoms with Crippen LogP contribution in [0.15, 0.2) is 18.2 Å². The van der Waals surface area contributed by atoms with Gasteiger partial charge in [0.2, 0.25) is 0 Å². The molecule has 0 saturated heterocycles. The van der Waals surface area contributed by atoms with Crippen molar-refractivity contribution >= 4 is 5.97 Å². The molecule has 0 amide bonds. The molecular weight excluding hydrogens is 216 g/mol. The van der Waals surface area contributed by atoms with Gasteiger partial charge >= 0.3 is 5.97 Å². The van der Waals surface area contributed by atoms with Crippen LogP contribution in [0.3, 0.4) is 0 Å². The highest BCUT2D eigenvalue weighted by Gasteiger charge is 2.19. The van der Waals surface area contributed by atoms with Crippen LogP contribution in [0, 0.1) is 0 Å². The van der Waals surface area contributed by atoms with Crippen LogP contribution >= 0.6 is 0 Å². The number of hydrogen-bond acceptors (Lipinski definition) is 3. The van der Waals surface area contributed by atoms with Crippen molar-refractivity contribution in [2.75, 3.05) is 13.1 Å².